The lowest BCUT2D eigenvalue weighted by molar-refractivity contribution is -0.0217. The highest BCUT2D eigenvalue weighted by atomic mass is 19.3. The number of ether oxygens (including phenoxy) is 1. The SMILES string of the molecule is Cc1cn(-c2ccc(C)c3c2OCC3(F)F)cn1. The minimum atomic E-state index is -2.91. The first-order valence-corrected chi connectivity index (χ1v) is 5.65. The second-order valence-electron chi connectivity index (χ2n) is 4.52. The van der Waals surface area contributed by atoms with Crippen LogP contribution in [0.1, 0.15) is 16.8 Å². The molecule has 1 aliphatic rings. The van der Waals surface area contributed by atoms with Crippen molar-refractivity contribution in [3.05, 3.63) is 41.5 Å². The molecular formula is C13H12F2N2O. The van der Waals surface area contributed by atoms with Crippen LogP contribution >= 0.6 is 0 Å². The van der Waals surface area contributed by atoms with E-state index in [2.05, 4.69) is 4.98 Å². The zero-order valence-corrected chi connectivity index (χ0v) is 10.1. The van der Waals surface area contributed by atoms with Crippen molar-refractivity contribution >= 4 is 0 Å². The number of imidazole rings is 1. The average molecular weight is 250 g/mol. The highest BCUT2D eigenvalue weighted by molar-refractivity contribution is 5.58. The van der Waals surface area contributed by atoms with Gasteiger partial charge in [-0.05, 0) is 25.5 Å². The van der Waals surface area contributed by atoms with Crippen molar-refractivity contribution in [2.45, 2.75) is 19.8 Å². The maximum atomic E-state index is 13.7. The van der Waals surface area contributed by atoms with Crippen LogP contribution in [0.2, 0.25) is 0 Å². The van der Waals surface area contributed by atoms with Gasteiger partial charge in [0.15, 0.2) is 12.4 Å². The topological polar surface area (TPSA) is 27.1 Å². The molecule has 0 aliphatic carbocycles. The molecule has 0 unspecified atom stereocenters. The molecule has 5 heteroatoms. The summed E-state index contributed by atoms with van der Waals surface area (Å²) < 4.78 is 34.4. The predicted molar refractivity (Wildman–Crippen MR) is 62.4 cm³/mol. The van der Waals surface area contributed by atoms with Gasteiger partial charge in [0.2, 0.25) is 0 Å². The molecule has 0 radical (unpaired) electrons. The van der Waals surface area contributed by atoms with Gasteiger partial charge in [0, 0.05) is 6.20 Å². The van der Waals surface area contributed by atoms with E-state index >= 15 is 0 Å². The van der Waals surface area contributed by atoms with Gasteiger partial charge in [-0.1, -0.05) is 6.07 Å². The number of rotatable bonds is 1. The monoisotopic (exact) mass is 250 g/mol. The first-order chi connectivity index (χ1) is 8.49. The molecule has 94 valence electrons. The van der Waals surface area contributed by atoms with Crippen LogP contribution in [-0.2, 0) is 5.92 Å². The quantitative estimate of drug-likeness (QED) is 0.778. The van der Waals surface area contributed by atoms with Crippen molar-refractivity contribution in [3.63, 3.8) is 0 Å². The molecule has 0 atom stereocenters. The van der Waals surface area contributed by atoms with E-state index in [-0.39, 0.29) is 11.3 Å². The normalized spacial score (nSPS) is 16.4. The second kappa shape index (κ2) is 3.54. The second-order valence-corrected chi connectivity index (χ2v) is 4.52. The number of nitrogens with zero attached hydrogens (tertiary/aromatic N) is 2. The molecule has 0 saturated heterocycles. The minimum absolute atomic E-state index is 0.00801. The standard InChI is InChI=1S/C13H12F2N2O/c1-8-3-4-10(17-5-9(2)16-7-17)12-11(8)13(14,15)6-18-12/h3-5,7H,6H2,1-2H3. The number of hydrogen-bond donors (Lipinski definition) is 0. The Labute approximate surface area is 103 Å². The molecule has 0 saturated carbocycles. The van der Waals surface area contributed by atoms with Crippen LogP contribution in [0.15, 0.2) is 24.7 Å². The molecule has 1 aliphatic heterocycles. The third-order valence-corrected chi connectivity index (χ3v) is 3.10. The van der Waals surface area contributed by atoms with Crippen molar-refractivity contribution in [3.8, 4) is 11.4 Å². The Hall–Kier alpha value is -1.91. The van der Waals surface area contributed by atoms with Crippen LogP contribution in [0.25, 0.3) is 5.69 Å². The number of aryl methyl sites for hydroxylation is 2. The van der Waals surface area contributed by atoms with Gasteiger partial charge in [0.1, 0.15) is 0 Å². The summed E-state index contributed by atoms with van der Waals surface area (Å²) >= 11 is 0. The fourth-order valence-corrected chi connectivity index (χ4v) is 2.26. The largest absolute Gasteiger partial charge is 0.484 e. The first kappa shape index (κ1) is 11.2. The highest BCUT2D eigenvalue weighted by Crippen LogP contribution is 2.46. The Morgan fingerprint density at radius 1 is 1.33 bits per heavy atom. The van der Waals surface area contributed by atoms with Crippen LogP contribution in [-0.4, -0.2) is 16.2 Å². The van der Waals surface area contributed by atoms with Crippen molar-refractivity contribution < 1.29 is 13.5 Å². The molecule has 2 aromatic rings. The molecule has 18 heavy (non-hydrogen) atoms. The van der Waals surface area contributed by atoms with Gasteiger partial charge in [0.25, 0.3) is 0 Å². The lowest BCUT2D eigenvalue weighted by Crippen LogP contribution is -2.15. The third kappa shape index (κ3) is 1.50. The number of fused-ring (bicyclic) bond motifs is 1. The molecule has 0 amide bonds. The Bertz CT molecular complexity index is 619. The van der Waals surface area contributed by atoms with E-state index < -0.39 is 12.5 Å². The molecule has 2 heterocycles. The summed E-state index contributed by atoms with van der Waals surface area (Å²) in [4.78, 5) is 4.10. The van der Waals surface area contributed by atoms with Gasteiger partial charge in [-0.3, -0.25) is 0 Å². The van der Waals surface area contributed by atoms with Crippen LogP contribution < -0.4 is 4.74 Å². The number of benzene rings is 1. The third-order valence-electron chi connectivity index (χ3n) is 3.10. The Kier molecular flexibility index (Phi) is 2.20. The molecule has 1 aromatic carbocycles. The molecule has 0 N–H and O–H groups in total. The molecule has 0 bridgehead atoms. The zero-order valence-electron chi connectivity index (χ0n) is 10.1. The summed E-state index contributed by atoms with van der Waals surface area (Å²) in [6.45, 7) is 2.93. The van der Waals surface area contributed by atoms with Gasteiger partial charge < -0.3 is 9.30 Å². The summed E-state index contributed by atoms with van der Waals surface area (Å²) in [5, 5.41) is 0. The van der Waals surface area contributed by atoms with Crippen molar-refractivity contribution in [2.24, 2.45) is 0 Å². The zero-order chi connectivity index (χ0) is 12.9. The van der Waals surface area contributed by atoms with Crippen molar-refractivity contribution in [1.29, 1.82) is 0 Å². The van der Waals surface area contributed by atoms with Crippen LogP contribution in [0, 0.1) is 13.8 Å². The fourth-order valence-electron chi connectivity index (χ4n) is 2.26. The summed E-state index contributed by atoms with van der Waals surface area (Å²) in [5.41, 5.74) is 1.97. The maximum Gasteiger partial charge on any atom is 0.310 e. The van der Waals surface area contributed by atoms with E-state index in [1.807, 2.05) is 6.92 Å². The first-order valence-electron chi connectivity index (χ1n) is 5.65. The smallest absolute Gasteiger partial charge is 0.310 e. The van der Waals surface area contributed by atoms with E-state index in [1.165, 1.54) is 0 Å². The molecule has 3 rings (SSSR count). The average Bonchev–Trinajstić information content (AvgIpc) is 2.85. The van der Waals surface area contributed by atoms with Crippen LogP contribution in [0.4, 0.5) is 8.78 Å². The summed E-state index contributed by atoms with van der Waals surface area (Å²) in [7, 11) is 0. The van der Waals surface area contributed by atoms with Gasteiger partial charge in [0.05, 0.1) is 23.3 Å². The van der Waals surface area contributed by atoms with E-state index in [1.54, 1.807) is 36.1 Å². The van der Waals surface area contributed by atoms with E-state index in [9.17, 15) is 8.78 Å². The van der Waals surface area contributed by atoms with Gasteiger partial charge in [-0.2, -0.15) is 8.78 Å². The van der Waals surface area contributed by atoms with Gasteiger partial charge in [-0.25, -0.2) is 4.98 Å². The Morgan fingerprint density at radius 2 is 2.11 bits per heavy atom. The Balaban J connectivity index is 2.23. The molecule has 0 fully saturated rings. The number of alkyl halides is 2. The summed E-state index contributed by atoms with van der Waals surface area (Å²) in [6.07, 6.45) is 3.38. The van der Waals surface area contributed by atoms with Crippen molar-refractivity contribution in [1.82, 2.24) is 9.55 Å². The minimum Gasteiger partial charge on any atom is -0.484 e. The Morgan fingerprint density at radius 3 is 2.78 bits per heavy atom. The molecular weight excluding hydrogens is 238 g/mol. The highest BCUT2D eigenvalue weighted by Gasteiger charge is 2.44. The number of aromatic nitrogens is 2. The lowest BCUT2D eigenvalue weighted by Gasteiger charge is -2.12. The van der Waals surface area contributed by atoms with E-state index in [4.69, 9.17) is 4.74 Å². The summed E-state index contributed by atoms with van der Waals surface area (Å²) in [5.74, 6) is -2.65. The van der Waals surface area contributed by atoms with Crippen LogP contribution in [0.5, 0.6) is 5.75 Å². The number of halogens is 2. The van der Waals surface area contributed by atoms with E-state index in [0.29, 0.717) is 11.3 Å². The fraction of sp³-hybridized carbons (Fsp3) is 0.308. The van der Waals surface area contributed by atoms with Crippen LogP contribution in [0.3, 0.4) is 0 Å². The molecule has 1 aromatic heterocycles. The number of hydrogen-bond acceptors (Lipinski definition) is 2. The summed E-state index contributed by atoms with van der Waals surface area (Å²) in [6, 6.07) is 3.46. The van der Waals surface area contributed by atoms with Gasteiger partial charge in [-0.15, -0.1) is 0 Å². The molecule has 0 spiro atoms. The van der Waals surface area contributed by atoms with Gasteiger partial charge >= 0.3 is 5.92 Å². The maximum absolute atomic E-state index is 13.7. The van der Waals surface area contributed by atoms with E-state index in [0.717, 1.165) is 5.69 Å². The van der Waals surface area contributed by atoms with Crippen molar-refractivity contribution in [2.75, 3.05) is 6.61 Å². The molecule has 3 nitrogen and oxygen atoms in total. The predicted octanol–water partition coefficient (Wildman–Crippen LogP) is 2.97. The lowest BCUT2D eigenvalue weighted by atomic mass is 10.0.